The molecule has 257 valence electrons. The third kappa shape index (κ3) is 33.1. The molecular formula is C24H70B3O7P8. The SMILES string of the molecule is C.C.CC.CC.CC.CC.P.PP.PP(P)P.[B][B][C@H]1CC(OP(=O)(OC)OC[C@H]2O[C@@H]([B])CC2OC)[C@@H](COC)C1. The van der Waals surface area contributed by atoms with Crippen LogP contribution in [0, 0.1) is 5.92 Å². The summed E-state index contributed by atoms with van der Waals surface area (Å²) in [4.78, 5) is 0. The molecule has 1 heterocycles. The molecule has 0 bridgehead atoms. The maximum atomic E-state index is 12.8. The molecule has 5 radical (unpaired) electrons. The maximum absolute atomic E-state index is 12.8. The van der Waals surface area contributed by atoms with Crippen LogP contribution in [-0.2, 0) is 32.3 Å². The molecule has 1 aliphatic carbocycles. The highest BCUT2D eigenvalue weighted by atomic mass is 32.7. The molecule has 1 aliphatic heterocycles. The summed E-state index contributed by atoms with van der Waals surface area (Å²) in [7, 11) is 26.4. The first kappa shape index (κ1) is 63.8. The van der Waals surface area contributed by atoms with Gasteiger partial charge in [-0.05, 0) is 19.8 Å². The number of phosphoric ester groups is 1. The number of hydrogen-bond donors (Lipinski definition) is 0. The van der Waals surface area contributed by atoms with Crippen LogP contribution in [0.3, 0.4) is 0 Å². The monoisotopic (exact) mass is 751 g/mol. The number of rotatable bonds is 10. The van der Waals surface area contributed by atoms with Crippen LogP contribution in [0.2, 0.25) is 5.82 Å². The van der Waals surface area contributed by atoms with Gasteiger partial charge in [-0.1, -0.05) is 82.5 Å². The van der Waals surface area contributed by atoms with Crippen molar-refractivity contribution < 1.29 is 32.3 Å². The molecule has 2 rings (SSSR count). The van der Waals surface area contributed by atoms with Crippen molar-refractivity contribution in [2.24, 2.45) is 5.92 Å². The smallest absolute Gasteiger partial charge is 0.384 e. The average Bonchev–Trinajstić information content (AvgIpc) is 3.54. The van der Waals surface area contributed by atoms with E-state index >= 15 is 0 Å². The Morgan fingerprint density at radius 1 is 0.881 bits per heavy atom. The molecule has 9 unspecified atom stereocenters. The van der Waals surface area contributed by atoms with Crippen molar-refractivity contribution >= 4 is 92.1 Å². The van der Waals surface area contributed by atoms with Gasteiger partial charge in [-0.2, -0.15) is 9.90 Å². The fraction of sp³-hybridized carbons (Fsp3) is 1.00. The fourth-order valence-electron chi connectivity index (χ4n) is 3.40. The Morgan fingerprint density at radius 2 is 1.33 bits per heavy atom. The van der Waals surface area contributed by atoms with Gasteiger partial charge in [0.15, 0.2) is 0 Å². The van der Waals surface area contributed by atoms with Crippen molar-refractivity contribution in [2.75, 3.05) is 34.5 Å². The van der Waals surface area contributed by atoms with E-state index < -0.39 is 19.9 Å². The van der Waals surface area contributed by atoms with Crippen LogP contribution in [-0.4, -0.2) is 81.6 Å². The van der Waals surface area contributed by atoms with Crippen molar-refractivity contribution in [3.05, 3.63) is 0 Å². The van der Waals surface area contributed by atoms with Crippen LogP contribution in [0.5, 0.6) is 0 Å². The van der Waals surface area contributed by atoms with Crippen molar-refractivity contribution in [2.45, 2.75) is 120 Å². The quantitative estimate of drug-likeness (QED) is 0.163. The second kappa shape index (κ2) is 46.3. The van der Waals surface area contributed by atoms with E-state index in [-0.39, 0.29) is 62.3 Å². The van der Waals surface area contributed by atoms with Crippen molar-refractivity contribution in [3.8, 4) is 0 Å². The minimum atomic E-state index is -3.74. The molecule has 13 atom stereocenters. The van der Waals surface area contributed by atoms with E-state index in [9.17, 15) is 4.57 Å². The van der Waals surface area contributed by atoms with Crippen LogP contribution >= 0.6 is 69.4 Å². The van der Waals surface area contributed by atoms with Crippen LogP contribution < -0.4 is 0 Å². The molecule has 2 fully saturated rings. The molecule has 7 nitrogen and oxygen atoms in total. The van der Waals surface area contributed by atoms with Gasteiger partial charge in [0.2, 0.25) is 0 Å². The van der Waals surface area contributed by atoms with Crippen molar-refractivity contribution in [1.82, 2.24) is 0 Å². The van der Waals surface area contributed by atoms with Crippen LogP contribution in [0.25, 0.3) is 0 Å². The van der Waals surface area contributed by atoms with Gasteiger partial charge in [-0.25, -0.2) is 4.57 Å². The summed E-state index contributed by atoms with van der Waals surface area (Å²) < 4.78 is 45.1. The molecule has 42 heavy (non-hydrogen) atoms. The number of methoxy groups -OCH3 is 2. The minimum Gasteiger partial charge on any atom is -0.384 e. The van der Waals surface area contributed by atoms with Crippen LogP contribution in [0.1, 0.15) is 89.5 Å². The standard InChI is InChI=1S/C14H25B3O7P.4C2H6.2CH4.H6P4.H4P2.H3P/c1-19-7-9-4-10(17-16)5-11(9)24-25(18,21-3)22-8-13-12(20-2)6-14(15)23-13;4*1-2;;;1-4(2)3;1-2;/h9-14H,4-8H2,1-3H3;4*1-2H3;2*1H4;1-3H2;1-2H2;1H3/t9-,10-,11?,12?,13-,14-,25?;;;;;;;;;/m1........./s1. The molecule has 0 aromatic rings. The normalized spacial score (nSPS) is 24.1. The van der Waals surface area contributed by atoms with E-state index in [0.29, 0.717) is 19.4 Å². The van der Waals surface area contributed by atoms with Crippen molar-refractivity contribution in [3.63, 3.8) is 0 Å². The van der Waals surface area contributed by atoms with Gasteiger partial charge >= 0.3 is 7.82 Å². The van der Waals surface area contributed by atoms with E-state index in [1.165, 1.54) is 7.11 Å². The predicted octanol–water partition coefficient (Wildman–Crippen LogP) is 9.00. The molecule has 1 saturated heterocycles. The highest BCUT2D eigenvalue weighted by molar-refractivity contribution is 8.65. The van der Waals surface area contributed by atoms with E-state index in [2.05, 4.69) is 44.6 Å². The van der Waals surface area contributed by atoms with Gasteiger partial charge in [0.1, 0.15) is 14.0 Å². The fourth-order valence-corrected chi connectivity index (χ4v) is 4.57. The molecule has 1 saturated carbocycles. The third-order valence-corrected chi connectivity index (χ3v) is 6.18. The molecule has 0 N–H and O–H groups in total. The Morgan fingerprint density at radius 3 is 1.69 bits per heavy atom. The maximum Gasteiger partial charge on any atom is 0.474 e. The average molecular weight is 751 g/mol. The lowest BCUT2D eigenvalue weighted by Gasteiger charge is -2.25. The summed E-state index contributed by atoms with van der Waals surface area (Å²) in [5, 5.41) is 0. The lowest BCUT2D eigenvalue weighted by atomic mass is 9.47. The minimum absolute atomic E-state index is 0. The summed E-state index contributed by atoms with van der Waals surface area (Å²) in [5.74, 6) is 0.259. The van der Waals surface area contributed by atoms with Crippen LogP contribution in [0.4, 0.5) is 0 Å². The first-order valence-electron chi connectivity index (χ1n) is 13.5. The number of ether oxygens (including phenoxy) is 3. The van der Waals surface area contributed by atoms with E-state index in [0.717, 1.165) is 6.42 Å². The summed E-state index contributed by atoms with van der Waals surface area (Å²) in [5.41, 5.74) is 0. The zero-order valence-electron chi connectivity index (χ0n) is 27.1. The summed E-state index contributed by atoms with van der Waals surface area (Å²) >= 11 is 0. The Labute approximate surface area is 283 Å². The lowest BCUT2D eigenvalue weighted by molar-refractivity contribution is -0.0288. The topological polar surface area (TPSA) is 72.5 Å². The molecule has 0 aromatic carbocycles. The Kier molecular flexibility index (Phi) is 70.4. The van der Waals surface area contributed by atoms with E-state index in [4.69, 9.17) is 43.4 Å². The van der Waals surface area contributed by atoms with Gasteiger partial charge in [0.05, 0.1) is 32.6 Å². The highest BCUT2D eigenvalue weighted by Gasteiger charge is 2.41. The largest absolute Gasteiger partial charge is 0.474 e. The summed E-state index contributed by atoms with van der Waals surface area (Å²) in [6, 6.07) is -0.428. The van der Waals surface area contributed by atoms with Crippen LogP contribution in [0.15, 0.2) is 0 Å². The first-order chi connectivity index (χ1) is 18.7. The lowest BCUT2D eigenvalue weighted by Crippen LogP contribution is -2.29. The zero-order chi connectivity index (χ0) is 32.0. The molecule has 18 heteroatoms. The van der Waals surface area contributed by atoms with E-state index in [1.54, 1.807) is 21.4 Å². The molecule has 0 amide bonds. The Hall–Kier alpha value is 3.19. The Bertz CT molecular complexity index is 524. The summed E-state index contributed by atoms with van der Waals surface area (Å²) in [6.07, 6.45) is 1.05. The van der Waals surface area contributed by atoms with Gasteiger partial charge in [0, 0.05) is 41.0 Å². The van der Waals surface area contributed by atoms with Gasteiger partial charge < -0.3 is 14.2 Å². The first-order valence-corrected chi connectivity index (χ1v) is 23.8. The van der Waals surface area contributed by atoms with Gasteiger partial charge in [-0.15, -0.1) is 44.6 Å². The molecule has 0 spiro atoms. The predicted molar refractivity (Wildman–Crippen MR) is 221 cm³/mol. The number of hydrogen-bond acceptors (Lipinski definition) is 7. The van der Waals surface area contributed by atoms with Crippen molar-refractivity contribution in [1.29, 1.82) is 0 Å². The highest BCUT2D eigenvalue weighted by Crippen LogP contribution is 2.60. The van der Waals surface area contributed by atoms with Gasteiger partial charge in [0.25, 0.3) is 0 Å². The number of phosphoric acid groups is 1. The van der Waals surface area contributed by atoms with Gasteiger partial charge in [-0.3, -0.25) is 13.6 Å². The third-order valence-electron chi connectivity index (χ3n) is 4.74. The molecule has 0 aromatic heterocycles. The second-order valence-electron chi connectivity index (χ2n) is 6.88. The zero-order valence-corrected chi connectivity index (χ0v) is 36.1. The summed E-state index contributed by atoms with van der Waals surface area (Å²) in [6.45, 7) is 16.6. The second-order valence-corrected chi connectivity index (χ2v) is 20.2. The molecule has 2 aliphatic rings. The molecular weight excluding hydrogens is 680 g/mol. The van der Waals surface area contributed by atoms with E-state index in [1.807, 2.05) is 55.4 Å². The Balaban J connectivity index is -0.0000000982.